The number of pyridine rings is 1. The Morgan fingerprint density at radius 1 is 1.17 bits per heavy atom. The molecular formula is C19H15ClF3N5O2. The summed E-state index contributed by atoms with van der Waals surface area (Å²) in [5, 5.41) is 11.3. The summed E-state index contributed by atoms with van der Waals surface area (Å²) < 4.78 is 51.6. The molecule has 0 saturated carbocycles. The minimum Gasteiger partial charge on any atom is -0.481 e. The van der Waals surface area contributed by atoms with E-state index in [4.69, 9.17) is 21.1 Å². The Balaban J connectivity index is 1.82. The maximum absolute atomic E-state index is 13.4. The second kappa shape index (κ2) is 8.95. The van der Waals surface area contributed by atoms with E-state index in [1.165, 1.54) is 36.0 Å². The van der Waals surface area contributed by atoms with Gasteiger partial charge >= 0.3 is 6.18 Å². The molecule has 0 aromatic carbocycles. The Morgan fingerprint density at radius 2 is 1.97 bits per heavy atom. The fraction of sp³-hybridized carbons (Fsp3) is 0.158. The molecule has 0 aliphatic rings. The molecule has 11 heteroatoms. The van der Waals surface area contributed by atoms with Crippen LogP contribution in [0.3, 0.4) is 0 Å². The van der Waals surface area contributed by atoms with Crippen LogP contribution in [0.2, 0.25) is 5.28 Å². The van der Waals surface area contributed by atoms with Crippen LogP contribution in [0.15, 0.2) is 60.5 Å². The van der Waals surface area contributed by atoms with Gasteiger partial charge in [-0.3, -0.25) is 0 Å². The van der Waals surface area contributed by atoms with Crippen LogP contribution in [0.25, 0.3) is 11.2 Å². The highest BCUT2D eigenvalue weighted by Crippen LogP contribution is 2.28. The lowest BCUT2D eigenvalue weighted by molar-refractivity contribution is -0.0882. The third kappa shape index (κ3) is 4.95. The van der Waals surface area contributed by atoms with Gasteiger partial charge in [0, 0.05) is 17.8 Å². The Morgan fingerprint density at radius 3 is 2.70 bits per heavy atom. The van der Waals surface area contributed by atoms with Crippen molar-refractivity contribution in [3.8, 4) is 11.8 Å². The first-order valence-corrected chi connectivity index (χ1v) is 8.83. The van der Waals surface area contributed by atoms with Crippen molar-refractivity contribution in [3.05, 3.63) is 71.4 Å². The molecule has 0 bridgehead atoms. The van der Waals surface area contributed by atoms with Crippen molar-refractivity contribution in [1.29, 1.82) is 0 Å². The largest absolute Gasteiger partial charge is 0.481 e. The Kier molecular flexibility index (Phi) is 6.36. The van der Waals surface area contributed by atoms with Crippen LogP contribution in [0, 0.1) is 0 Å². The number of alkyl halides is 3. The fourth-order valence-corrected chi connectivity index (χ4v) is 2.55. The number of fused-ring (bicyclic) bond motifs is 1. The van der Waals surface area contributed by atoms with Crippen LogP contribution in [0.5, 0.6) is 11.8 Å². The first-order chi connectivity index (χ1) is 14.3. The van der Waals surface area contributed by atoms with Gasteiger partial charge in [-0.1, -0.05) is 6.08 Å². The van der Waals surface area contributed by atoms with E-state index >= 15 is 0 Å². The lowest BCUT2D eigenvalue weighted by Crippen LogP contribution is -2.10. The summed E-state index contributed by atoms with van der Waals surface area (Å²) in [6.45, 7) is 1.66. The summed E-state index contributed by atoms with van der Waals surface area (Å²) in [6, 6.07) is 6.32. The third-order valence-corrected chi connectivity index (χ3v) is 4.10. The van der Waals surface area contributed by atoms with Crippen LogP contribution in [0.4, 0.5) is 13.2 Å². The van der Waals surface area contributed by atoms with E-state index in [-0.39, 0.29) is 11.2 Å². The van der Waals surface area contributed by atoms with Gasteiger partial charge in [-0.05, 0) is 54.4 Å². The van der Waals surface area contributed by atoms with E-state index in [9.17, 15) is 13.2 Å². The molecule has 0 radical (unpaired) electrons. The van der Waals surface area contributed by atoms with Gasteiger partial charge in [0.1, 0.15) is 0 Å². The van der Waals surface area contributed by atoms with Gasteiger partial charge in [-0.2, -0.15) is 17.7 Å². The Labute approximate surface area is 174 Å². The van der Waals surface area contributed by atoms with Crippen LogP contribution < -0.4 is 9.47 Å². The average molecular weight is 438 g/mol. The zero-order valence-electron chi connectivity index (χ0n) is 15.8. The molecule has 0 atom stereocenters. The maximum atomic E-state index is 13.4. The second-order valence-electron chi connectivity index (χ2n) is 5.86. The molecule has 3 rings (SSSR count). The van der Waals surface area contributed by atoms with Crippen molar-refractivity contribution in [1.82, 2.24) is 24.8 Å². The topological polar surface area (TPSA) is 74.4 Å². The Bertz CT molecular complexity index is 1140. The van der Waals surface area contributed by atoms with E-state index in [0.717, 1.165) is 18.4 Å². The molecule has 3 aromatic rings. The monoisotopic (exact) mass is 437 g/mol. The zero-order chi connectivity index (χ0) is 21.7. The fourth-order valence-electron chi connectivity index (χ4n) is 2.39. The summed E-state index contributed by atoms with van der Waals surface area (Å²) in [6.07, 6.45) is 0.891. The zero-order valence-corrected chi connectivity index (χ0v) is 16.5. The molecule has 30 heavy (non-hydrogen) atoms. The minimum atomic E-state index is -4.59. The van der Waals surface area contributed by atoms with Gasteiger partial charge in [0.05, 0.1) is 18.9 Å². The molecule has 0 fully saturated rings. The van der Waals surface area contributed by atoms with Gasteiger partial charge in [-0.15, -0.1) is 15.3 Å². The van der Waals surface area contributed by atoms with Gasteiger partial charge in [0.15, 0.2) is 5.65 Å². The molecule has 0 amide bonds. The van der Waals surface area contributed by atoms with E-state index in [2.05, 4.69) is 20.3 Å². The van der Waals surface area contributed by atoms with E-state index in [1.807, 2.05) is 0 Å². The molecule has 0 aliphatic carbocycles. The van der Waals surface area contributed by atoms with Crippen molar-refractivity contribution < 1.29 is 22.6 Å². The number of nitrogens with zero attached hydrogens (tertiary/aromatic N) is 5. The number of hydrogen-bond acceptors (Lipinski definition) is 6. The average Bonchev–Trinajstić information content (AvgIpc) is 3.09. The van der Waals surface area contributed by atoms with Gasteiger partial charge in [0.25, 0.3) is 0 Å². The van der Waals surface area contributed by atoms with Gasteiger partial charge in [-0.25, -0.2) is 4.98 Å². The molecular weight excluding hydrogens is 423 g/mol. The van der Waals surface area contributed by atoms with Crippen molar-refractivity contribution in [2.75, 3.05) is 7.11 Å². The number of aromatic nitrogens is 5. The number of hydrogen-bond donors (Lipinski definition) is 0. The van der Waals surface area contributed by atoms with Crippen molar-refractivity contribution in [2.24, 2.45) is 0 Å². The summed E-state index contributed by atoms with van der Waals surface area (Å²) in [4.78, 5) is 4.03. The number of rotatable bonds is 6. The summed E-state index contributed by atoms with van der Waals surface area (Å²) in [5.74, 6) is 0.343. The number of methoxy groups -OCH3 is 1. The van der Waals surface area contributed by atoms with Crippen molar-refractivity contribution in [2.45, 2.75) is 13.1 Å². The van der Waals surface area contributed by atoms with Gasteiger partial charge < -0.3 is 9.47 Å². The number of allylic oxidation sites excluding steroid dienone is 5. The van der Waals surface area contributed by atoms with Crippen LogP contribution in [0.1, 0.15) is 12.5 Å². The minimum absolute atomic E-state index is 0.00162. The highest BCUT2D eigenvalue weighted by atomic mass is 35.5. The van der Waals surface area contributed by atoms with Crippen LogP contribution >= 0.6 is 11.6 Å². The smallest absolute Gasteiger partial charge is 0.416 e. The molecule has 0 N–H and O–H groups in total. The Hall–Kier alpha value is -3.40. The molecule has 0 unspecified atom stereocenters. The quantitative estimate of drug-likeness (QED) is 0.412. The molecule has 7 nitrogen and oxygen atoms in total. The predicted octanol–water partition coefficient (Wildman–Crippen LogP) is 4.67. The van der Waals surface area contributed by atoms with Crippen molar-refractivity contribution >= 4 is 22.8 Å². The standard InChI is InChI=1S/C19H15ClF3N5O2/c1-12(14-4-3-10-24-17(14)29-2)5-6-13(19(21,22)23)9-11-30-16-8-7-15-25-26-18(20)28(15)27-16/h3-11H,1-2H3/b11-9+,12-5+,13-6+. The second-order valence-corrected chi connectivity index (χ2v) is 6.20. The first kappa shape index (κ1) is 21.3. The SMILES string of the molecule is COc1ncccc1/C(C)=C/C=C(\C=C\Oc1ccc2nnc(Cl)n2n1)C(F)(F)F. The van der Waals surface area contributed by atoms with E-state index in [0.29, 0.717) is 22.7 Å². The van der Waals surface area contributed by atoms with E-state index in [1.54, 1.807) is 19.1 Å². The number of halogens is 4. The molecule has 0 aliphatic heterocycles. The van der Waals surface area contributed by atoms with Crippen LogP contribution in [-0.4, -0.2) is 38.1 Å². The lowest BCUT2D eigenvalue weighted by Gasteiger charge is -2.08. The molecule has 0 spiro atoms. The van der Waals surface area contributed by atoms with Gasteiger partial charge in [0.2, 0.25) is 17.0 Å². The van der Waals surface area contributed by atoms with E-state index < -0.39 is 11.7 Å². The summed E-state index contributed by atoms with van der Waals surface area (Å²) in [7, 11) is 1.44. The molecule has 3 heterocycles. The highest BCUT2D eigenvalue weighted by molar-refractivity contribution is 6.28. The molecule has 156 valence electrons. The first-order valence-electron chi connectivity index (χ1n) is 8.46. The normalized spacial score (nSPS) is 13.3. The summed E-state index contributed by atoms with van der Waals surface area (Å²) in [5.41, 5.74) is 0.582. The third-order valence-electron chi connectivity index (χ3n) is 3.87. The van der Waals surface area contributed by atoms with Crippen molar-refractivity contribution in [3.63, 3.8) is 0 Å². The number of ether oxygens (including phenoxy) is 2. The summed E-state index contributed by atoms with van der Waals surface area (Å²) >= 11 is 5.81. The molecule has 0 saturated heterocycles. The van der Waals surface area contributed by atoms with Crippen LogP contribution in [-0.2, 0) is 0 Å². The highest BCUT2D eigenvalue weighted by Gasteiger charge is 2.31. The molecule has 3 aromatic heterocycles. The maximum Gasteiger partial charge on any atom is 0.416 e. The predicted molar refractivity (Wildman–Crippen MR) is 104 cm³/mol. The lowest BCUT2D eigenvalue weighted by atomic mass is 10.1.